The zero-order valence-electron chi connectivity index (χ0n) is 13.3. The van der Waals surface area contributed by atoms with Gasteiger partial charge in [0.2, 0.25) is 0 Å². The lowest BCUT2D eigenvalue weighted by atomic mass is 10.0. The number of hydrogen-bond donors (Lipinski definition) is 0. The maximum atomic E-state index is 2.44. The summed E-state index contributed by atoms with van der Waals surface area (Å²) >= 11 is 0. The molecular weight excluding hydrogens is 290 g/mol. The van der Waals surface area contributed by atoms with Gasteiger partial charge in [-0.05, 0) is 28.5 Å². The molecule has 0 aliphatic rings. The summed E-state index contributed by atoms with van der Waals surface area (Å²) in [6.07, 6.45) is 0. The Balaban J connectivity index is 1.90. The van der Waals surface area contributed by atoms with Crippen molar-refractivity contribution < 1.29 is 0 Å². The van der Waals surface area contributed by atoms with Gasteiger partial charge in [0.15, 0.2) is 0 Å². The molecule has 0 radical (unpaired) electrons. The molecule has 0 atom stereocenters. The van der Waals surface area contributed by atoms with Crippen molar-refractivity contribution in [2.24, 2.45) is 0 Å². The van der Waals surface area contributed by atoms with Crippen LogP contribution in [0.15, 0.2) is 91.0 Å². The second-order valence-electron chi connectivity index (χ2n) is 6.27. The molecular formula is C23H17N. The van der Waals surface area contributed by atoms with E-state index in [9.17, 15) is 0 Å². The summed E-state index contributed by atoms with van der Waals surface area (Å²) < 4.78 is 2.44. The molecule has 1 aromatic heterocycles. The largest absolute Gasteiger partial charge is 0.336 e. The molecule has 0 N–H and O–H groups in total. The minimum Gasteiger partial charge on any atom is -0.336 e. The lowest BCUT2D eigenvalue weighted by Gasteiger charge is -2.08. The van der Waals surface area contributed by atoms with Crippen LogP contribution in [0.25, 0.3) is 32.6 Å². The Hall–Kier alpha value is -3.06. The first-order chi connectivity index (χ1) is 11.9. The van der Waals surface area contributed by atoms with E-state index in [0.29, 0.717) is 0 Å². The standard InChI is InChI=1S/C23H17N/c1-2-8-17(9-3-1)16-24-21-13-7-6-12-20(21)23-19-11-5-4-10-18(19)14-15-22(23)24/h1-15H,16H2. The van der Waals surface area contributed by atoms with E-state index in [2.05, 4.69) is 95.6 Å². The third-order valence-electron chi connectivity index (χ3n) is 4.85. The molecule has 114 valence electrons. The van der Waals surface area contributed by atoms with E-state index < -0.39 is 0 Å². The number of para-hydroxylation sites is 1. The first-order valence-electron chi connectivity index (χ1n) is 8.34. The van der Waals surface area contributed by atoms with E-state index >= 15 is 0 Å². The fourth-order valence-electron chi connectivity index (χ4n) is 3.75. The smallest absolute Gasteiger partial charge is 0.0501 e. The van der Waals surface area contributed by atoms with Gasteiger partial charge in [-0.1, -0.05) is 78.9 Å². The molecule has 0 fully saturated rings. The normalized spacial score (nSPS) is 11.5. The van der Waals surface area contributed by atoms with E-state index in [1.807, 2.05) is 0 Å². The Labute approximate surface area is 140 Å². The highest BCUT2D eigenvalue weighted by molar-refractivity contribution is 6.20. The number of benzene rings is 4. The first kappa shape index (κ1) is 13.4. The molecule has 0 bridgehead atoms. The van der Waals surface area contributed by atoms with Gasteiger partial charge in [-0.15, -0.1) is 0 Å². The summed E-state index contributed by atoms with van der Waals surface area (Å²) in [7, 11) is 0. The van der Waals surface area contributed by atoms with Crippen LogP contribution in [0.3, 0.4) is 0 Å². The van der Waals surface area contributed by atoms with Crippen molar-refractivity contribution in [2.75, 3.05) is 0 Å². The topological polar surface area (TPSA) is 4.93 Å². The molecule has 0 aliphatic carbocycles. The maximum Gasteiger partial charge on any atom is 0.0501 e. The second kappa shape index (κ2) is 5.24. The van der Waals surface area contributed by atoms with E-state index in [4.69, 9.17) is 0 Å². The average molecular weight is 307 g/mol. The van der Waals surface area contributed by atoms with Crippen LogP contribution in [0.2, 0.25) is 0 Å². The zero-order valence-corrected chi connectivity index (χ0v) is 13.3. The fraction of sp³-hybridized carbons (Fsp3) is 0.0435. The van der Waals surface area contributed by atoms with E-state index in [-0.39, 0.29) is 0 Å². The van der Waals surface area contributed by atoms with Crippen molar-refractivity contribution in [1.29, 1.82) is 0 Å². The molecule has 1 heteroatoms. The van der Waals surface area contributed by atoms with Gasteiger partial charge >= 0.3 is 0 Å². The SMILES string of the molecule is c1ccc(Cn2c3ccccc3c3c4ccccc4ccc32)cc1. The van der Waals surface area contributed by atoms with Gasteiger partial charge < -0.3 is 4.57 Å². The van der Waals surface area contributed by atoms with Crippen LogP contribution >= 0.6 is 0 Å². The predicted octanol–water partition coefficient (Wildman–Crippen LogP) is 6.00. The van der Waals surface area contributed by atoms with Crippen molar-refractivity contribution >= 4 is 32.6 Å². The third kappa shape index (κ3) is 1.95. The molecule has 4 aromatic carbocycles. The predicted molar refractivity (Wildman–Crippen MR) is 102 cm³/mol. The molecule has 5 rings (SSSR count). The number of aromatic nitrogens is 1. The summed E-state index contributed by atoms with van der Waals surface area (Å²) in [5.74, 6) is 0. The average Bonchev–Trinajstić information content (AvgIpc) is 2.97. The van der Waals surface area contributed by atoms with E-state index in [1.54, 1.807) is 0 Å². The van der Waals surface area contributed by atoms with Crippen LogP contribution in [0.5, 0.6) is 0 Å². The van der Waals surface area contributed by atoms with E-state index in [1.165, 1.54) is 38.1 Å². The van der Waals surface area contributed by atoms with Crippen molar-refractivity contribution in [3.63, 3.8) is 0 Å². The molecule has 24 heavy (non-hydrogen) atoms. The summed E-state index contributed by atoms with van der Waals surface area (Å²) in [5, 5.41) is 5.32. The van der Waals surface area contributed by atoms with Crippen LogP contribution in [-0.4, -0.2) is 4.57 Å². The second-order valence-corrected chi connectivity index (χ2v) is 6.27. The lowest BCUT2D eigenvalue weighted by molar-refractivity contribution is 0.869. The molecule has 1 nitrogen and oxygen atoms in total. The number of rotatable bonds is 2. The molecule has 0 amide bonds. The van der Waals surface area contributed by atoms with Crippen molar-refractivity contribution in [3.05, 3.63) is 96.6 Å². The monoisotopic (exact) mass is 307 g/mol. The van der Waals surface area contributed by atoms with Crippen LogP contribution in [0, 0.1) is 0 Å². The summed E-state index contributed by atoms with van der Waals surface area (Å²) in [6.45, 7) is 0.892. The quantitative estimate of drug-likeness (QED) is 0.377. The van der Waals surface area contributed by atoms with Crippen molar-refractivity contribution in [3.8, 4) is 0 Å². The van der Waals surface area contributed by atoms with Crippen LogP contribution in [-0.2, 0) is 6.54 Å². The van der Waals surface area contributed by atoms with Crippen LogP contribution in [0.4, 0.5) is 0 Å². The highest BCUT2D eigenvalue weighted by atomic mass is 15.0. The van der Waals surface area contributed by atoms with E-state index in [0.717, 1.165) is 6.54 Å². The highest BCUT2D eigenvalue weighted by Crippen LogP contribution is 2.35. The molecule has 0 saturated heterocycles. The molecule has 1 heterocycles. The number of hydrogen-bond acceptors (Lipinski definition) is 0. The Morgan fingerprint density at radius 3 is 2.12 bits per heavy atom. The maximum absolute atomic E-state index is 2.44. The Bertz CT molecular complexity index is 1170. The van der Waals surface area contributed by atoms with Crippen molar-refractivity contribution in [2.45, 2.75) is 6.54 Å². The number of nitrogens with zero attached hydrogens (tertiary/aromatic N) is 1. The summed E-state index contributed by atoms with van der Waals surface area (Å²) in [4.78, 5) is 0. The molecule has 0 spiro atoms. The van der Waals surface area contributed by atoms with Gasteiger partial charge in [-0.2, -0.15) is 0 Å². The lowest BCUT2D eigenvalue weighted by Crippen LogP contribution is -1.98. The Morgan fingerprint density at radius 2 is 1.25 bits per heavy atom. The first-order valence-corrected chi connectivity index (χ1v) is 8.34. The molecule has 0 saturated carbocycles. The highest BCUT2D eigenvalue weighted by Gasteiger charge is 2.12. The van der Waals surface area contributed by atoms with Gasteiger partial charge in [-0.25, -0.2) is 0 Å². The minimum atomic E-state index is 0.892. The molecule has 0 unspecified atom stereocenters. The minimum absolute atomic E-state index is 0.892. The van der Waals surface area contributed by atoms with Gasteiger partial charge in [-0.3, -0.25) is 0 Å². The van der Waals surface area contributed by atoms with Crippen LogP contribution in [0.1, 0.15) is 5.56 Å². The molecule has 5 aromatic rings. The Kier molecular flexibility index (Phi) is 2.92. The van der Waals surface area contributed by atoms with Crippen LogP contribution < -0.4 is 0 Å². The summed E-state index contributed by atoms with van der Waals surface area (Å²) in [6, 6.07) is 32.6. The van der Waals surface area contributed by atoms with Gasteiger partial charge in [0, 0.05) is 22.8 Å². The van der Waals surface area contributed by atoms with Gasteiger partial charge in [0.1, 0.15) is 0 Å². The van der Waals surface area contributed by atoms with Crippen molar-refractivity contribution in [1.82, 2.24) is 4.57 Å². The zero-order chi connectivity index (χ0) is 15.9. The fourth-order valence-corrected chi connectivity index (χ4v) is 3.75. The molecule has 0 aliphatic heterocycles. The Morgan fingerprint density at radius 1 is 0.542 bits per heavy atom. The van der Waals surface area contributed by atoms with Gasteiger partial charge in [0.25, 0.3) is 0 Å². The number of fused-ring (bicyclic) bond motifs is 5. The summed E-state index contributed by atoms with van der Waals surface area (Å²) in [5.41, 5.74) is 3.93. The third-order valence-corrected chi connectivity index (χ3v) is 4.85. The van der Waals surface area contributed by atoms with Gasteiger partial charge in [0.05, 0.1) is 5.52 Å².